The third kappa shape index (κ3) is 2.16. The number of hydrogen-bond acceptors (Lipinski definition) is 2. The van der Waals surface area contributed by atoms with Gasteiger partial charge >= 0.3 is 0 Å². The van der Waals surface area contributed by atoms with E-state index in [1.54, 1.807) is 55.5 Å². The van der Waals surface area contributed by atoms with E-state index in [-0.39, 0.29) is 0 Å². The molecular formula is C14H13ClO2S. The van der Waals surface area contributed by atoms with Gasteiger partial charge in [0.05, 0.1) is 0 Å². The van der Waals surface area contributed by atoms with Gasteiger partial charge in [0, 0.05) is 10.7 Å². The maximum atomic E-state index is 12.0. The maximum Gasteiger partial charge on any atom is 0.246 e. The molecule has 0 radical (unpaired) electrons. The molecule has 2 aromatic rings. The Morgan fingerprint density at radius 1 is 0.833 bits per heavy atom. The van der Waals surface area contributed by atoms with E-state index < -0.39 is 13.8 Å². The van der Waals surface area contributed by atoms with Crippen LogP contribution in [0.4, 0.5) is 0 Å². The molecule has 0 aliphatic heterocycles. The van der Waals surface area contributed by atoms with Crippen LogP contribution >= 0.6 is 10.7 Å². The summed E-state index contributed by atoms with van der Waals surface area (Å²) < 4.78 is 22.8. The Bertz CT molecular complexity index is 582. The second-order valence-corrected chi connectivity index (χ2v) is 7.11. The fourth-order valence-electron chi connectivity index (χ4n) is 1.96. The molecule has 0 heterocycles. The Hall–Kier alpha value is -1.32. The lowest BCUT2D eigenvalue weighted by molar-refractivity contribution is 0.580. The summed E-state index contributed by atoms with van der Waals surface area (Å²) in [6.07, 6.45) is 0. The fraction of sp³-hybridized carbons (Fsp3) is 0.143. The summed E-state index contributed by atoms with van der Waals surface area (Å²) >= 11 is 0. The lowest BCUT2D eigenvalue weighted by atomic mass is 9.92. The second-order valence-electron chi connectivity index (χ2n) is 4.20. The van der Waals surface area contributed by atoms with E-state index in [2.05, 4.69) is 0 Å². The molecule has 0 aromatic heterocycles. The van der Waals surface area contributed by atoms with Crippen molar-refractivity contribution >= 4 is 19.7 Å². The molecule has 4 heteroatoms. The molecule has 0 amide bonds. The summed E-state index contributed by atoms with van der Waals surface area (Å²) in [7, 11) is 1.88. The fourth-order valence-corrected chi connectivity index (χ4v) is 3.33. The van der Waals surface area contributed by atoms with Gasteiger partial charge in [0.1, 0.15) is 4.75 Å². The van der Waals surface area contributed by atoms with Crippen molar-refractivity contribution in [2.45, 2.75) is 11.7 Å². The van der Waals surface area contributed by atoms with Crippen LogP contribution < -0.4 is 0 Å². The van der Waals surface area contributed by atoms with Crippen LogP contribution in [-0.4, -0.2) is 8.42 Å². The summed E-state index contributed by atoms with van der Waals surface area (Å²) in [5.74, 6) is 0. The van der Waals surface area contributed by atoms with Crippen LogP contribution in [0, 0.1) is 0 Å². The quantitative estimate of drug-likeness (QED) is 0.806. The van der Waals surface area contributed by atoms with E-state index in [0.717, 1.165) is 0 Å². The number of benzene rings is 2. The van der Waals surface area contributed by atoms with Crippen LogP contribution in [-0.2, 0) is 13.8 Å². The molecule has 0 aliphatic carbocycles. The molecule has 0 N–H and O–H groups in total. The third-order valence-electron chi connectivity index (χ3n) is 3.14. The van der Waals surface area contributed by atoms with Gasteiger partial charge in [0.2, 0.25) is 9.05 Å². The van der Waals surface area contributed by atoms with Gasteiger partial charge in [-0.2, -0.15) is 0 Å². The average molecular weight is 281 g/mol. The van der Waals surface area contributed by atoms with Crippen LogP contribution in [0.5, 0.6) is 0 Å². The van der Waals surface area contributed by atoms with Crippen LogP contribution in [0.3, 0.4) is 0 Å². The van der Waals surface area contributed by atoms with Gasteiger partial charge in [-0.25, -0.2) is 8.42 Å². The summed E-state index contributed by atoms with van der Waals surface area (Å²) in [4.78, 5) is 0. The summed E-state index contributed by atoms with van der Waals surface area (Å²) in [6.45, 7) is 1.62. The molecule has 0 spiro atoms. The maximum absolute atomic E-state index is 12.0. The molecule has 0 saturated heterocycles. The molecule has 2 rings (SSSR count). The zero-order valence-corrected chi connectivity index (χ0v) is 11.4. The number of rotatable bonds is 3. The Morgan fingerprint density at radius 2 is 1.17 bits per heavy atom. The zero-order valence-electron chi connectivity index (χ0n) is 9.88. The van der Waals surface area contributed by atoms with Crippen molar-refractivity contribution in [2.75, 3.05) is 0 Å². The highest BCUT2D eigenvalue weighted by atomic mass is 35.7. The van der Waals surface area contributed by atoms with Gasteiger partial charge in [-0.15, -0.1) is 0 Å². The lowest BCUT2D eigenvalue weighted by Gasteiger charge is -2.27. The minimum atomic E-state index is -3.80. The molecule has 0 unspecified atom stereocenters. The van der Waals surface area contributed by atoms with E-state index in [9.17, 15) is 8.42 Å². The molecule has 0 atom stereocenters. The standard InChI is InChI=1S/C14H13ClO2S/c1-14(18(15,16)17,12-8-4-2-5-9-12)13-10-6-3-7-11-13/h2-11H,1H3. The van der Waals surface area contributed by atoms with Crippen molar-refractivity contribution in [1.29, 1.82) is 0 Å². The zero-order chi connectivity index (χ0) is 13.2. The molecule has 18 heavy (non-hydrogen) atoms. The summed E-state index contributed by atoms with van der Waals surface area (Å²) in [5, 5.41) is 0. The van der Waals surface area contributed by atoms with Gasteiger partial charge in [0.15, 0.2) is 0 Å². The first-order chi connectivity index (χ1) is 8.46. The predicted octanol–water partition coefficient (Wildman–Crippen LogP) is 3.52. The van der Waals surface area contributed by atoms with Crippen molar-refractivity contribution in [3.05, 3.63) is 71.8 Å². The molecule has 0 fully saturated rings. The highest BCUT2D eigenvalue weighted by Crippen LogP contribution is 2.39. The van der Waals surface area contributed by atoms with Crippen molar-refractivity contribution in [2.24, 2.45) is 0 Å². The molecule has 0 aliphatic rings. The first-order valence-electron chi connectivity index (χ1n) is 5.51. The molecular weight excluding hydrogens is 268 g/mol. The lowest BCUT2D eigenvalue weighted by Crippen LogP contribution is -2.30. The Balaban J connectivity index is 2.72. The van der Waals surface area contributed by atoms with Crippen LogP contribution in [0.25, 0.3) is 0 Å². The first kappa shape index (κ1) is 13.1. The van der Waals surface area contributed by atoms with E-state index in [1.807, 2.05) is 12.1 Å². The number of hydrogen-bond donors (Lipinski definition) is 0. The Morgan fingerprint density at radius 3 is 1.44 bits per heavy atom. The first-order valence-corrected chi connectivity index (χ1v) is 7.82. The largest absolute Gasteiger partial charge is 0.246 e. The Labute approximate surface area is 112 Å². The SMILES string of the molecule is CC(c1ccccc1)(c1ccccc1)S(=O)(=O)Cl. The highest BCUT2D eigenvalue weighted by Gasteiger charge is 2.41. The van der Waals surface area contributed by atoms with Gasteiger partial charge < -0.3 is 0 Å². The molecule has 0 bridgehead atoms. The third-order valence-corrected chi connectivity index (χ3v) is 5.51. The molecule has 2 nitrogen and oxygen atoms in total. The van der Waals surface area contributed by atoms with Crippen molar-refractivity contribution < 1.29 is 8.42 Å². The van der Waals surface area contributed by atoms with Crippen molar-refractivity contribution in [3.8, 4) is 0 Å². The number of halogens is 1. The van der Waals surface area contributed by atoms with Crippen LogP contribution in [0.2, 0.25) is 0 Å². The molecule has 2 aromatic carbocycles. The highest BCUT2D eigenvalue weighted by molar-refractivity contribution is 8.14. The molecule has 0 saturated carbocycles. The van der Waals surface area contributed by atoms with Gasteiger partial charge in [-0.05, 0) is 18.1 Å². The minimum Gasteiger partial charge on any atom is -0.211 e. The normalized spacial score (nSPS) is 12.3. The monoisotopic (exact) mass is 280 g/mol. The Kier molecular flexibility index (Phi) is 3.46. The summed E-state index contributed by atoms with van der Waals surface area (Å²) in [6, 6.07) is 18.0. The van der Waals surface area contributed by atoms with Crippen LogP contribution in [0.15, 0.2) is 60.7 Å². The van der Waals surface area contributed by atoms with Crippen LogP contribution in [0.1, 0.15) is 18.1 Å². The van der Waals surface area contributed by atoms with E-state index in [0.29, 0.717) is 11.1 Å². The topological polar surface area (TPSA) is 34.1 Å². The van der Waals surface area contributed by atoms with E-state index >= 15 is 0 Å². The predicted molar refractivity (Wildman–Crippen MR) is 74.1 cm³/mol. The van der Waals surface area contributed by atoms with Crippen molar-refractivity contribution in [3.63, 3.8) is 0 Å². The molecule has 94 valence electrons. The van der Waals surface area contributed by atoms with Gasteiger partial charge in [-0.1, -0.05) is 60.7 Å². The minimum absolute atomic E-state index is 0.659. The second kappa shape index (κ2) is 4.75. The smallest absolute Gasteiger partial charge is 0.211 e. The van der Waals surface area contributed by atoms with Crippen molar-refractivity contribution in [1.82, 2.24) is 0 Å². The average Bonchev–Trinajstić information content (AvgIpc) is 2.38. The van der Waals surface area contributed by atoms with E-state index in [1.165, 1.54) is 0 Å². The van der Waals surface area contributed by atoms with E-state index in [4.69, 9.17) is 10.7 Å². The van der Waals surface area contributed by atoms with Gasteiger partial charge in [0.25, 0.3) is 0 Å². The van der Waals surface area contributed by atoms with Gasteiger partial charge in [-0.3, -0.25) is 0 Å². The summed E-state index contributed by atoms with van der Waals surface area (Å²) in [5.41, 5.74) is 1.32.